The number of fused-ring (bicyclic) bond motifs is 2. The second-order valence-corrected chi connectivity index (χ2v) is 6.16. The monoisotopic (exact) mass is 319 g/mol. The highest BCUT2D eigenvalue weighted by molar-refractivity contribution is 5.94. The number of aromatic nitrogens is 2. The van der Waals surface area contributed by atoms with Gasteiger partial charge in [-0.1, -0.05) is 44.2 Å². The molecule has 1 aliphatic rings. The molecular weight excluding hydrogens is 302 g/mol. The maximum atomic E-state index is 12.9. The van der Waals surface area contributed by atoms with Gasteiger partial charge in [0.05, 0.1) is 10.9 Å². The van der Waals surface area contributed by atoms with Crippen LogP contribution in [0.4, 0.5) is 0 Å². The molecule has 0 spiro atoms. The Morgan fingerprint density at radius 3 is 2.50 bits per heavy atom. The third-order valence-electron chi connectivity index (χ3n) is 4.09. The van der Waals surface area contributed by atoms with Crippen LogP contribution in [0.5, 0.6) is 0 Å². The maximum Gasteiger partial charge on any atom is 0.282 e. The van der Waals surface area contributed by atoms with Crippen molar-refractivity contribution in [1.82, 2.24) is 9.66 Å². The normalized spacial score (nSPS) is 16.6. The van der Waals surface area contributed by atoms with E-state index in [4.69, 9.17) is 4.74 Å². The molecule has 1 aliphatic heterocycles. The Hall–Kier alpha value is -2.95. The first-order valence-electron chi connectivity index (χ1n) is 7.98. The van der Waals surface area contributed by atoms with Crippen LogP contribution in [0.25, 0.3) is 10.9 Å². The predicted octanol–water partition coefficient (Wildman–Crippen LogP) is 3.33. The van der Waals surface area contributed by atoms with Crippen molar-refractivity contribution in [2.45, 2.75) is 20.0 Å². The summed E-state index contributed by atoms with van der Waals surface area (Å²) in [6, 6.07) is 16.9. The van der Waals surface area contributed by atoms with Crippen molar-refractivity contribution in [1.29, 1.82) is 0 Å². The van der Waals surface area contributed by atoms with E-state index in [1.54, 1.807) is 6.07 Å². The SMILES string of the molecule is CC(C)C1OC(c2ccccc2)=Nn2c1nc1ccccc1c2=O. The zero-order valence-electron chi connectivity index (χ0n) is 13.5. The van der Waals surface area contributed by atoms with Crippen molar-refractivity contribution in [3.63, 3.8) is 0 Å². The van der Waals surface area contributed by atoms with Crippen LogP contribution in [0.2, 0.25) is 0 Å². The number of benzene rings is 2. The van der Waals surface area contributed by atoms with Crippen molar-refractivity contribution in [2.75, 3.05) is 0 Å². The van der Waals surface area contributed by atoms with Gasteiger partial charge >= 0.3 is 0 Å². The van der Waals surface area contributed by atoms with E-state index in [-0.39, 0.29) is 17.6 Å². The molecular formula is C19H17N3O2. The maximum absolute atomic E-state index is 12.9. The van der Waals surface area contributed by atoms with E-state index in [2.05, 4.69) is 10.1 Å². The van der Waals surface area contributed by atoms with Gasteiger partial charge in [0.25, 0.3) is 5.56 Å². The Morgan fingerprint density at radius 1 is 1.04 bits per heavy atom. The molecule has 3 aromatic rings. The van der Waals surface area contributed by atoms with Crippen LogP contribution in [0, 0.1) is 5.92 Å². The van der Waals surface area contributed by atoms with E-state index < -0.39 is 0 Å². The number of rotatable bonds is 2. The second-order valence-electron chi connectivity index (χ2n) is 6.16. The van der Waals surface area contributed by atoms with Crippen LogP contribution in [0.15, 0.2) is 64.5 Å². The van der Waals surface area contributed by atoms with Gasteiger partial charge in [-0.3, -0.25) is 4.79 Å². The third-order valence-corrected chi connectivity index (χ3v) is 4.09. The molecule has 0 radical (unpaired) electrons. The lowest BCUT2D eigenvalue weighted by Crippen LogP contribution is -2.33. The zero-order chi connectivity index (χ0) is 16.7. The molecule has 1 aromatic heterocycles. The Balaban J connectivity index is 2.00. The fraction of sp³-hybridized carbons (Fsp3) is 0.211. The summed E-state index contributed by atoms with van der Waals surface area (Å²) >= 11 is 0. The molecule has 0 aliphatic carbocycles. The number of hydrogen-bond acceptors (Lipinski definition) is 4. The van der Waals surface area contributed by atoms with Gasteiger partial charge in [-0.2, -0.15) is 4.68 Å². The van der Waals surface area contributed by atoms with Gasteiger partial charge in [0.1, 0.15) is 0 Å². The molecule has 0 bridgehead atoms. The van der Waals surface area contributed by atoms with Crippen molar-refractivity contribution >= 4 is 16.8 Å². The van der Waals surface area contributed by atoms with E-state index in [0.717, 1.165) is 5.56 Å². The molecule has 0 saturated carbocycles. The van der Waals surface area contributed by atoms with E-state index in [1.165, 1.54) is 4.68 Å². The van der Waals surface area contributed by atoms with Gasteiger partial charge in [0.2, 0.25) is 5.90 Å². The van der Waals surface area contributed by atoms with E-state index >= 15 is 0 Å². The van der Waals surface area contributed by atoms with Crippen LogP contribution in [-0.4, -0.2) is 15.6 Å². The van der Waals surface area contributed by atoms with Gasteiger partial charge in [-0.15, -0.1) is 5.10 Å². The van der Waals surface area contributed by atoms with Crippen molar-refractivity contribution in [3.05, 3.63) is 76.3 Å². The van der Waals surface area contributed by atoms with Crippen molar-refractivity contribution in [3.8, 4) is 0 Å². The van der Waals surface area contributed by atoms with Crippen LogP contribution in [0.1, 0.15) is 31.3 Å². The zero-order valence-corrected chi connectivity index (χ0v) is 13.5. The third kappa shape index (κ3) is 2.29. The first kappa shape index (κ1) is 14.6. The van der Waals surface area contributed by atoms with Gasteiger partial charge < -0.3 is 4.74 Å². The Morgan fingerprint density at radius 2 is 1.75 bits per heavy atom. The van der Waals surface area contributed by atoms with Gasteiger partial charge in [-0.05, 0) is 30.2 Å². The fourth-order valence-electron chi connectivity index (χ4n) is 2.85. The molecule has 4 rings (SSSR count). The minimum Gasteiger partial charge on any atom is -0.464 e. The summed E-state index contributed by atoms with van der Waals surface area (Å²) in [6.45, 7) is 4.09. The van der Waals surface area contributed by atoms with E-state index in [9.17, 15) is 4.79 Å². The lowest BCUT2D eigenvalue weighted by Gasteiger charge is -2.28. The smallest absolute Gasteiger partial charge is 0.282 e. The number of hydrogen-bond donors (Lipinski definition) is 0. The molecule has 2 aromatic carbocycles. The summed E-state index contributed by atoms with van der Waals surface area (Å²) in [7, 11) is 0. The Labute approximate surface area is 139 Å². The molecule has 5 nitrogen and oxygen atoms in total. The Kier molecular flexibility index (Phi) is 3.41. The van der Waals surface area contributed by atoms with Crippen LogP contribution < -0.4 is 5.56 Å². The second kappa shape index (κ2) is 5.60. The summed E-state index contributed by atoms with van der Waals surface area (Å²) in [6.07, 6.45) is -0.324. The van der Waals surface area contributed by atoms with Crippen molar-refractivity contribution < 1.29 is 4.74 Å². The van der Waals surface area contributed by atoms with Crippen LogP contribution in [0.3, 0.4) is 0 Å². The molecule has 5 heteroatoms. The summed E-state index contributed by atoms with van der Waals surface area (Å²) in [5.41, 5.74) is 1.34. The predicted molar refractivity (Wildman–Crippen MR) is 93.0 cm³/mol. The molecule has 0 saturated heterocycles. The average Bonchev–Trinajstić information content (AvgIpc) is 2.62. The lowest BCUT2D eigenvalue weighted by atomic mass is 10.1. The topological polar surface area (TPSA) is 56.5 Å². The molecule has 0 amide bonds. The Bertz CT molecular complexity index is 990. The number of nitrogens with zero attached hydrogens (tertiary/aromatic N) is 3. The quantitative estimate of drug-likeness (QED) is 0.728. The molecule has 1 unspecified atom stereocenters. The largest absolute Gasteiger partial charge is 0.464 e. The molecule has 2 heterocycles. The first-order chi connectivity index (χ1) is 11.6. The number of ether oxygens (including phenoxy) is 1. The molecule has 120 valence electrons. The lowest BCUT2D eigenvalue weighted by molar-refractivity contribution is 0.115. The minimum atomic E-state index is -0.324. The molecule has 24 heavy (non-hydrogen) atoms. The standard InChI is InChI=1S/C19H17N3O2/c1-12(2)16-17-20-15-11-7-6-10-14(15)19(23)22(17)21-18(24-16)13-8-4-3-5-9-13/h3-12,16H,1-2H3. The molecule has 0 fully saturated rings. The number of para-hydroxylation sites is 1. The summed E-state index contributed by atoms with van der Waals surface area (Å²) in [5.74, 6) is 1.15. The van der Waals surface area contributed by atoms with Crippen molar-refractivity contribution in [2.24, 2.45) is 11.0 Å². The first-order valence-corrected chi connectivity index (χ1v) is 7.98. The highest BCUT2D eigenvalue weighted by Gasteiger charge is 2.30. The summed E-state index contributed by atoms with van der Waals surface area (Å²) in [5, 5.41) is 4.99. The molecule has 0 N–H and O–H groups in total. The van der Waals surface area contributed by atoms with Gasteiger partial charge in [0.15, 0.2) is 11.9 Å². The van der Waals surface area contributed by atoms with E-state index in [0.29, 0.717) is 22.6 Å². The van der Waals surface area contributed by atoms with E-state index in [1.807, 2.05) is 62.4 Å². The van der Waals surface area contributed by atoms with Gasteiger partial charge in [-0.25, -0.2) is 4.98 Å². The fourth-order valence-corrected chi connectivity index (χ4v) is 2.85. The highest BCUT2D eigenvalue weighted by Crippen LogP contribution is 2.29. The summed E-state index contributed by atoms with van der Waals surface area (Å²) < 4.78 is 7.48. The van der Waals surface area contributed by atoms with Crippen LogP contribution >= 0.6 is 0 Å². The van der Waals surface area contributed by atoms with Gasteiger partial charge in [0, 0.05) is 5.56 Å². The highest BCUT2D eigenvalue weighted by atomic mass is 16.5. The minimum absolute atomic E-state index is 0.151. The van der Waals surface area contributed by atoms with Crippen LogP contribution in [-0.2, 0) is 4.74 Å². The summed E-state index contributed by atoms with van der Waals surface area (Å²) in [4.78, 5) is 17.5. The molecule has 1 atom stereocenters. The average molecular weight is 319 g/mol.